The third-order valence-corrected chi connectivity index (χ3v) is 4.03. The van der Waals surface area contributed by atoms with E-state index >= 15 is 0 Å². The maximum Gasteiger partial charge on any atom is 0.131 e. The number of aromatic nitrogens is 1. The molecule has 0 fully saturated rings. The number of benzene rings is 1. The van der Waals surface area contributed by atoms with Gasteiger partial charge >= 0.3 is 0 Å². The topological polar surface area (TPSA) is 48.1 Å². The van der Waals surface area contributed by atoms with Crippen LogP contribution in [0.1, 0.15) is 49.0 Å². The van der Waals surface area contributed by atoms with E-state index in [-0.39, 0.29) is 6.04 Å². The Hall–Kier alpha value is -1.39. The molecule has 1 aromatic heterocycles. The Morgan fingerprint density at radius 1 is 1.32 bits per heavy atom. The standard InChI is InChI=1S/C15H20N2OS/c1-10(2)15-17-13(9-19-15)8-18-14-6-4-5-12(7-14)11(3)16/h4-7,9-11H,8,16H2,1-3H3/t11-/m1/s1. The molecular formula is C15H20N2OS. The number of hydrogen-bond donors (Lipinski definition) is 1. The summed E-state index contributed by atoms with van der Waals surface area (Å²) in [7, 11) is 0. The minimum atomic E-state index is 0.0235. The average Bonchev–Trinajstić information content (AvgIpc) is 2.85. The first-order valence-electron chi connectivity index (χ1n) is 6.49. The van der Waals surface area contributed by atoms with Gasteiger partial charge in [-0.15, -0.1) is 11.3 Å². The molecule has 0 saturated heterocycles. The molecule has 0 aliphatic rings. The number of nitrogens with zero attached hydrogens (tertiary/aromatic N) is 1. The Bertz CT molecular complexity index is 534. The summed E-state index contributed by atoms with van der Waals surface area (Å²) in [5, 5.41) is 3.22. The summed E-state index contributed by atoms with van der Waals surface area (Å²) in [5.41, 5.74) is 7.93. The summed E-state index contributed by atoms with van der Waals surface area (Å²) in [4.78, 5) is 4.55. The van der Waals surface area contributed by atoms with Crippen LogP contribution in [0.5, 0.6) is 5.75 Å². The van der Waals surface area contributed by atoms with Gasteiger partial charge < -0.3 is 10.5 Å². The molecular weight excluding hydrogens is 256 g/mol. The van der Waals surface area contributed by atoms with Gasteiger partial charge in [-0.25, -0.2) is 4.98 Å². The van der Waals surface area contributed by atoms with Crippen LogP contribution in [0.15, 0.2) is 29.6 Å². The summed E-state index contributed by atoms with van der Waals surface area (Å²) in [6.07, 6.45) is 0. The molecule has 0 unspecified atom stereocenters. The van der Waals surface area contributed by atoms with Crippen molar-refractivity contribution >= 4 is 11.3 Å². The smallest absolute Gasteiger partial charge is 0.131 e. The quantitative estimate of drug-likeness (QED) is 0.902. The molecule has 1 heterocycles. The molecule has 1 atom stereocenters. The Kier molecular flexibility index (Phi) is 4.56. The lowest BCUT2D eigenvalue weighted by Gasteiger charge is -2.09. The number of rotatable bonds is 5. The highest BCUT2D eigenvalue weighted by molar-refractivity contribution is 7.09. The summed E-state index contributed by atoms with van der Waals surface area (Å²) < 4.78 is 5.76. The van der Waals surface area contributed by atoms with Gasteiger partial charge in [0.05, 0.1) is 10.7 Å². The number of ether oxygens (including phenoxy) is 1. The minimum Gasteiger partial charge on any atom is -0.487 e. The first-order chi connectivity index (χ1) is 9.06. The van der Waals surface area contributed by atoms with Crippen LogP contribution in [0.4, 0.5) is 0 Å². The Labute approximate surface area is 118 Å². The highest BCUT2D eigenvalue weighted by Crippen LogP contribution is 2.21. The largest absolute Gasteiger partial charge is 0.487 e. The third-order valence-electron chi connectivity index (χ3n) is 2.83. The highest BCUT2D eigenvalue weighted by Gasteiger charge is 2.07. The minimum absolute atomic E-state index is 0.0235. The van der Waals surface area contributed by atoms with Crippen molar-refractivity contribution in [2.45, 2.75) is 39.3 Å². The summed E-state index contributed by atoms with van der Waals surface area (Å²) in [6, 6.07) is 7.93. The maximum atomic E-state index is 5.86. The average molecular weight is 276 g/mol. The van der Waals surface area contributed by atoms with Crippen molar-refractivity contribution < 1.29 is 4.74 Å². The van der Waals surface area contributed by atoms with E-state index < -0.39 is 0 Å². The van der Waals surface area contributed by atoms with Crippen LogP contribution >= 0.6 is 11.3 Å². The van der Waals surface area contributed by atoms with Crippen molar-refractivity contribution in [2.24, 2.45) is 5.73 Å². The predicted molar refractivity (Wildman–Crippen MR) is 79.6 cm³/mol. The fourth-order valence-corrected chi connectivity index (χ4v) is 2.52. The SMILES string of the molecule is CC(C)c1nc(COc2cccc([C@@H](C)N)c2)cs1. The Morgan fingerprint density at radius 3 is 2.74 bits per heavy atom. The Morgan fingerprint density at radius 2 is 2.11 bits per heavy atom. The lowest BCUT2D eigenvalue weighted by atomic mass is 10.1. The van der Waals surface area contributed by atoms with E-state index in [9.17, 15) is 0 Å². The molecule has 102 valence electrons. The zero-order valence-corrected chi connectivity index (χ0v) is 12.4. The molecule has 0 saturated carbocycles. The van der Waals surface area contributed by atoms with E-state index in [1.165, 1.54) is 0 Å². The van der Waals surface area contributed by atoms with Crippen molar-refractivity contribution in [1.82, 2.24) is 4.98 Å². The third kappa shape index (κ3) is 3.78. The molecule has 0 spiro atoms. The van der Waals surface area contributed by atoms with E-state index in [2.05, 4.69) is 24.2 Å². The lowest BCUT2D eigenvalue weighted by molar-refractivity contribution is 0.301. The molecule has 2 N–H and O–H groups in total. The molecule has 3 nitrogen and oxygen atoms in total. The number of nitrogens with two attached hydrogens (primary N) is 1. The number of hydrogen-bond acceptors (Lipinski definition) is 4. The molecule has 19 heavy (non-hydrogen) atoms. The molecule has 2 aromatic rings. The maximum absolute atomic E-state index is 5.86. The first kappa shape index (κ1) is 14.0. The second-order valence-electron chi connectivity index (χ2n) is 4.98. The van der Waals surface area contributed by atoms with Crippen LogP contribution in [-0.4, -0.2) is 4.98 Å². The molecule has 2 rings (SSSR count). The molecule has 0 aliphatic carbocycles. The zero-order valence-electron chi connectivity index (χ0n) is 11.6. The zero-order chi connectivity index (χ0) is 13.8. The van der Waals surface area contributed by atoms with Gasteiger partial charge in [0.15, 0.2) is 0 Å². The van der Waals surface area contributed by atoms with Crippen LogP contribution in [-0.2, 0) is 6.61 Å². The second-order valence-corrected chi connectivity index (χ2v) is 5.87. The van der Waals surface area contributed by atoms with Crippen molar-refractivity contribution in [3.63, 3.8) is 0 Å². The molecule has 0 bridgehead atoms. The summed E-state index contributed by atoms with van der Waals surface area (Å²) in [5.74, 6) is 1.31. The normalized spacial score (nSPS) is 12.7. The fraction of sp³-hybridized carbons (Fsp3) is 0.400. The van der Waals surface area contributed by atoms with Crippen LogP contribution in [0.3, 0.4) is 0 Å². The molecule has 4 heteroatoms. The van der Waals surface area contributed by atoms with Gasteiger partial charge in [-0.1, -0.05) is 26.0 Å². The predicted octanol–water partition coefficient (Wildman–Crippen LogP) is 3.87. The van der Waals surface area contributed by atoms with Gasteiger partial charge in [0, 0.05) is 17.3 Å². The van der Waals surface area contributed by atoms with Crippen LogP contribution in [0.2, 0.25) is 0 Å². The van der Waals surface area contributed by atoms with E-state index in [4.69, 9.17) is 10.5 Å². The van der Waals surface area contributed by atoms with Crippen molar-refractivity contribution in [2.75, 3.05) is 0 Å². The summed E-state index contributed by atoms with van der Waals surface area (Å²) >= 11 is 1.69. The van der Waals surface area contributed by atoms with Crippen molar-refractivity contribution in [3.05, 3.63) is 45.9 Å². The molecule has 1 aromatic carbocycles. The molecule has 0 radical (unpaired) electrons. The lowest BCUT2D eigenvalue weighted by Crippen LogP contribution is -2.05. The summed E-state index contributed by atoms with van der Waals surface area (Å²) in [6.45, 7) is 6.77. The first-order valence-corrected chi connectivity index (χ1v) is 7.37. The monoisotopic (exact) mass is 276 g/mol. The van der Waals surface area contributed by atoms with Gasteiger partial charge in [-0.2, -0.15) is 0 Å². The van der Waals surface area contributed by atoms with Gasteiger partial charge in [-0.05, 0) is 24.6 Å². The molecule has 0 aliphatic heterocycles. The van der Waals surface area contributed by atoms with Crippen LogP contribution < -0.4 is 10.5 Å². The van der Waals surface area contributed by atoms with E-state index in [0.29, 0.717) is 12.5 Å². The van der Waals surface area contributed by atoms with Crippen molar-refractivity contribution in [1.29, 1.82) is 0 Å². The van der Waals surface area contributed by atoms with Crippen molar-refractivity contribution in [3.8, 4) is 5.75 Å². The van der Waals surface area contributed by atoms with Crippen LogP contribution in [0, 0.1) is 0 Å². The van der Waals surface area contributed by atoms with Crippen LogP contribution in [0.25, 0.3) is 0 Å². The van der Waals surface area contributed by atoms with E-state index in [1.54, 1.807) is 11.3 Å². The van der Waals surface area contributed by atoms with Gasteiger partial charge in [-0.3, -0.25) is 0 Å². The Balaban J connectivity index is 1.99. The number of thiazole rings is 1. The van der Waals surface area contributed by atoms with E-state index in [0.717, 1.165) is 22.0 Å². The van der Waals surface area contributed by atoms with Gasteiger partial charge in [0.25, 0.3) is 0 Å². The highest BCUT2D eigenvalue weighted by atomic mass is 32.1. The van der Waals surface area contributed by atoms with E-state index in [1.807, 2.05) is 31.2 Å². The second kappa shape index (κ2) is 6.17. The van der Waals surface area contributed by atoms with Gasteiger partial charge in [0.1, 0.15) is 12.4 Å². The molecule has 0 amide bonds. The fourth-order valence-electron chi connectivity index (χ4n) is 1.70. The van der Waals surface area contributed by atoms with Gasteiger partial charge in [0.2, 0.25) is 0 Å².